The molecule has 0 atom stereocenters. The highest BCUT2D eigenvalue weighted by Gasteiger charge is 2.24. The van der Waals surface area contributed by atoms with Crippen molar-refractivity contribution in [3.63, 3.8) is 0 Å². The second kappa shape index (κ2) is 11.9. The molecule has 1 aliphatic rings. The van der Waals surface area contributed by atoms with Gasteiger partial charge in [-0.15, -0.1) is 0 Å². The van der Waals surface area contributed by atoms with Gasteiger partial charge in [0.25, 0.3) is 0 Å². The second-order valence-electron chi connectivity index (χ2n) is 7.97. The van der Waals surface area contributed by atoms with E-state index in [2.05, 4.69) is 19.9 Å². The van der Waals surface area contributed by atoms with Gasteiger partial charge in [0, 0.05) is 12.1 Å². The molecule has 33 heavy (non-hydrogen) atoms. The Labute approximate surface area is 195 Å². The maximum absolute atomic E-state index is 14.0. The van der Waals surface area contributed by atoms with E-state index in [4.69, 9.17) is 4.74 Å². The average molecular weight is 483 g/mol. The van der Waals surface area contributed by atoms with Gasteiger partial charge in [-0.3, -0.25) is 5.32 Å². The van der Waals surface area contributed by atoms with Crippen LogP contribution < -0.4 is 15.4 Å². The number of unbranched alkanes of at least 4 members (excludes halogenated alkanes) is 1. The van der Waals surface area contributed by atoms with Crippen LogP contribution in [0.4, 0.5) is 18.6 Å². The van der Waals surface area contributed by atoms with Crippen LogP contribution in [0, 0.1) is 18.6 Å². The monoisotopic (exact) mass is 482 g/mol. The minimum absolute atomic E-state index is 0.00104. The number of aromatic carboxylic acids is 1. The number of rotatable bonds is 10. The van der Waals surface area contributed by atoms with Crippen LogP contribution >= 0.6 is 11.5 Å². The zero-order valence-corrected chi connectivity index (χ0v) is 19.3. The van der Waals surface area contributed by atoms with Gasteiger partial charge in [-0.2, -0.15) is 4.37 Å². The highest BCUT2D eigenvalue weighted by atomic mass is 32.1. The van der Waals surface area contributed by atoms with Gasteiger partial charge >= 0.3 is 12.0 Å². The molecule has 0 radical (unpaired) electrons. The van der Waals surface area contributed by atoms with Crippen molar-refractivity contribution in [3.05, 3.63) is 40.5 Å². The average Bonchev–Trinajstić information content (AvgIpc) is 3.18. The van der Waals surface area contributed by atoms with Crippen molar-refractivity contribution in [1.82, 2.24) is 14.6 Å². The molecule has 1 aromatic heterocycles. The number of nitrogens with one attached hydrogen (secondary N) is 2. The molecular formula is C22H28F2N4O4S. The van der Waals surface area contributed by atoms with Crippen LogP contribution in [-0.2, 0) is 6.61 Å². The summed E-state index contributed by atoms with van der Waals surface area (Å²) in [6.07, 6.45) is 5.55. The molecule has 2 amide bonds. The topological polar surface area (TPSA) is 104 Å². The number of nitrogens with zero attached hydrogens (tertiary/aromatic N) is 2. The van der Waals surface area contributed by atoms with Crippen molar-refractivity contribution in [1.29, 1.82) is 0 Å². The number of halogens is 2. The Morgan fingerprint density at radius 1 is 1.18 bits per heavy atom. The molecule has 3 rings (SSSR count). The number of hydrogen-bond donors (Lipinski definition) is 3. The number of aromatic nitrogens is 1. The lowest BCUT2D eigenvalue weighted by Crippen LogP contribution is -2.32. The highest BCUT2D eigenvalue weighted by Crippen LogP contribution is 2.31. The van der Waals surface area contributed by atoms with Crippen LogP contribution in [-0.4, -0.2) is 52.6 Å². The number of amides is 2. The summed E-state index contributed by atoms with van der Waals surface area (Å²) >= 11 is 0.738. The summed E-state index contributed by atoms with van der Waals surface area (Å²) < 4.78 is 36.9. The van der Waals surface area contributed by atoms with E-state index >= 15 is 0 Å². The van der Waals surface area contributed by atoms with Gasteiger partial charge in [-0.1, -0.05) is 6.42 Å². The Kier molecular flexibility index (Phi) is 8.95. The number of carboxylic acids is 1. The van der Waals surface area contributed by atoms with E-state index in [1.807, 2.05) is 0 Å². The van der Waals surface area contributed by atoms with Crippen LogP contribution in [0.5, 0.6) is 5.88 Å². The zero-order chi connectivity index (χ0) is 23.8. The van der Waals surface area contributed by atoms with E-state index in [9.17, 15) is 23.5 Å². The third kappa shape index (κ3) is 7.10. The van der Waals surface area contributed by atoms with Gasteiger partial charge in [0.2, 0.25) is 5.88 Å². The van der Waals surface area contributed by atoms with Gasteiger partial charge in [0.1, 0.15) is 23.2 Å². The summed E-state index contributed by atoms with van der Waals surface area (Å²) in [5, 5.41) is 14.7. The molecule has 1 fully saturated rings. The Balaban J connectivity index is 1.49. The van der Waals surface area contributed by atoms with Gasteiger partial charge < -0.3 is 20.1 Å². The predicted octanol–water partition coefficient (Wildman–Crippen LogP) is 4.39. The van der Waals surface area contributed by atoms with E-state index in [0.29, 0.717) is 6.54 Å². The molecule has 8 nitrogen and oxygen atoms in total. The lowest BCUT2D eigenvalue weighted by atomic mass is 10.1. The number of aryl methyl sites for hydroxylation is 1. The molecule has 1 aliphatic heterocycles. The molecule has 2 aromatic rings. The quantitative estimate of drug-likeness (QED) is 0.434. The number of hydrogen-bond acceptors (Lipinski definition) is 6. The molecule has 180 valence electrons. The number of ether oxygens (including phenoxy) is 1. The van der Waals surface area contributed by atoms with E-state index in [-0.39, 0.29) is 27.6 Å². The van der Waals surface area contributed by atoms with Crippen molar-refractivity contribution in [3.8, 4) is 5.88 Å². The minimum atomic E-state index is -1.36. The van der Waals surface area contributed by atoms with Crippen LogP contribution in [0.25, 0.3) is 0 Å². The smallest absolute Gasteiger partial charge is 0.344 e. The molecule has 0 spiro atoms. The summed E-state index contributed by atoms with van der Waals surface area (Å²) in [7, 11) is 0. The zero-order valence-electron chi connectivity index (χ0n) is 18.5. The summed E-state index contributed by atoms with van der Waals surface area (Å²) in [6, 6.07) is 1.49. The van der Waals surface area contributed by atoms with Gasteiger partial charge in [0.15, 0.2) is 5.56 Å². The van der Waals surface area contributed by atoms with Crippen molar-refractivity contribution < 1.29 is 28.2 Å². The first-order valence-corrected chi connectivity index (χ1v) is 11.7. The molecular weight excluding hydrogens is 454 g/mol. The minimum Gasteiger partial charge on any atom is -0.477 e. The number of benzene rings is 1. The van der Waals surface area contributed by atoms with E-state index < -0.39 is 30.2 Å². The van der Waals surface area contributed by atoms with Crippen molar-refractivity contribution >= 4 is 28.5 Å². The fourth-order valence-electron chi connectivity index (χ4n) is 3.58. The van der Waals surface area contributed by atoms with Crippen molar-refractivity contribution in [2.24, 2.45) is 0 Å². The number of likely N-dealkylation sites (tertiary alicyclic amines) is 1. The first kappa shape index (κ1) is 24.8. The number of urea groups is 1. The normalized spacial score (nSPS) is 14.2. The van der Waals surface area contributed by atoms with E-state index in [1.165, 1.54) is 26.2 Å². The van der Waals surface area contributed by atoms with E-state index in [0.717, 1.165) is 56.1 Å². The molecule has 1 aromatic carbocycles. The number of piperidine rings is 1. The van der Waals surface area contributed by atoms with Crippen LogP contribution in [0.15, 0.2) is 12.1 Å². The van der Waals surface area contributed by atoms with Gasteiger partial charge in [-0.25, -0.2) is 18.4 Å². The number of carbonyl (C=O) groups is 2. The third-order valence-corrected chi connectivity index (χ3v) is 6.17. The third-order valence-electron chi connectivity index (χ3n) is 5.43. The van der Waals surface area contributed by atoms with Gasteiger partial charge in [0.05, 0.1) is 0 Å². The van der Waals surface area contributed by atoms with Crippen molar-refractivity contribution in [2.75, 3.05) is 31.5 Å². The molecule has 0 unspecified atom stereocenters. The fraction of sp³-hybridized carbons (Fsp3) is 0.500. The largest absolute Gasteiger partial charge is 0.477 e. The molecule has 0 aliphatic carbocycles. The fourth-order valence-corrected chi connectivity index (χ4v) is 4.31. The Morgan fingerprint density at radius 2 is 1.94 bits per heavy atom. The van der Waals surface area contributed by atoms with Crippen LogP contribution in [0.1, 0.15) is 53.6 Å². The maximum Gasteiger partial charge on any atom is 0.344 e. The lowest BCUT2D eigenvalue weighted by Gasteiger charge is -2.26. The maximum atomic E-state index is 14.0. The van der Waals surface area contributed by atoms with E-state index in [1.54, 1.807) is 0 Å². The summed E-state index contributed by atoms with van der Waals surface area (Å²) in [5.74, 6) is -2.89. The summed E-state index contributed by atoms with van der Waals surface area (Å²) in [4.78, 5) is 26.3. The SMILES string of the molecule is Cc1cc(F)c(COc2nsc(NC(=O)NCCCCN3CCCCC3)c2C(=O)O)cc1F. The van der Waals surface area contributed by atoms with Crippen LogP contribution in [0.3, 0.4) is 0 Å². The molecule has 11 heteroatoms. The van der Waals surface area contributed by atoms with Gasteiger partial charge in [-0.05, 0) is 81.5 Å². The Bertz CT molecular complexity index is 980. The van der Waals surface area contributed by atoms with Crippen LogP contribution in [0.2, 0.25) is 0 Å². The molecule has 1 saturated heterocycles. The molecule has 2 heterocycles. The first-order valence-electron chi connectivity index (χ1n) is 10.9. The lowest BCUT2D eigenvalue weighted by molar-refractivity contribution is 0.0693. The number of carboxylic acid groups (broad SMARTS) is 1. The molecule has 0 saturated carbocycles. The number of anilines is 1. The van der Waals surface area contributed by atoms with Crippen molar-refractivity contribution in [2.45, 2.75) is 45.6 Å². The Morgan fingerprint density at radius 3 is 2.67 bits per heavy atom. The predicted molar refractivity (Wildman–Crippen MR) is 121 cm³/mol. The standard InChI is InChI=1S/C22H28F2N4O4S/c1-14-11-17(24)15(12-16(14)23)13-32-19-18(21(29)30)20(33-27-19)26-22(31)25-7-3-6-10-28-8-4-2-5-9-28/h11-12H,2-10,13H2,1H3,(H,29,30)(H2,25,26,31). The Hall–Kier alpha value is -2.79. The molecule has 3 N–H and O–H groups in total. The molecule has 0 bridgehead atoms. The summed E-state index contributed by atoms with van der Waals surface area (Å²) in [5.41, 5.74) is -0.257. The highest BCUT2D eigenvalue weighted by molar-refractivity contribution is 7.11. The number of carbonyl (C=O) groups excluding carboxylic acids is 1. The first-order chi connectivity index (χ1) is 15.8. The second-order valence-corrected chi connectivity index (χ2v) is 8.74. The summed E-state index contributed by atoms with van der Waals surface area (Å²) in [6.45, 7) is 4.76.